The van der Waals surface area contributed by atoms with Gasteiger partial charge in [0.25, 0.3) is 0 Å². The molecule has 6 rings (SSSR count). The van der Waals surface area contributed by atoms with Crippen LogP contribution in [-0.4, -0.2) is 18.1 Å². The Morgan fingerprint density at radius 2 is 1.51 bits per heavy atom. The van der Waals surface area contributed by atoms with Crippen LogP contribution in [-0.2, 0) is 0 Å². The molecule has 0 amide bonds. The number of quaternary nitrogens is 1. The highest BCUT2D eigenvalue weighted by Crippen LogP contribution is 2.36. The maximum absolute atomic E-state index is 4.62. The first-order valence-electron chi connectivity index (χ1n) is 14.4. The Kier molecular flexibility index (Phi) is 8.44. The van der Waals surface area contributed by atoms with Crippen LogP contribution in [0.5, 0.6) is 0 Å². The number of nitrogen functional groups attached to an aromatic ring is 1. The van der Waals surface area contributed by atoms with E-state index >= 15 is 0 Å². The summed E-state index contributed by atoms with van der Waals surface area (Å²) in [5, 5.41) is 22.2. The molecule has 0 radical (unpaired) electrons. The Hall–Kier alpha value is -4.99. The second kappa shape index (κ2) is 12.9. The van der Waals surface area contributed by atoms with Gasteiger partial charge in [0, 0.05) is 64.0 Å². The lowest BCUT2D eigenvalue weighted by Crippen LogP contribution is -2.82. The van der Waals surface area contributed by atoms with Crippen molar-refractivity contribution in [2.75, 3.05) is 28.2 Å². The van der Waals surface area contributed by atoms with Crippen LogP contribution in [0.1, 0.15) is 20.3 Å². The number of azo groups is 1. The summed E-state index contributed by atoms with van der Waals surface area (Å²) in [6.07, 6.45) is 2.85. The van der Waals surface area contributed by atoms with Crippen LogP contribution >= 0.6 is 11.3 Å². The van der Waals surface area contributed by atoms with E-state index in [1.807, 2.05) is 53.3 Å². The number of nitrogens with zero attached hydrogens (tertiary/aromatic N) is 4. The summed E-state index contributed by atoms with van der Waals surface area (Å²) in [6, 6.07) is 33.6. The summed E-state index contributed by atoms with van der Waals surface area (Å²) in [7, 11) is 2.06. The first-order chi connectivity index (χ1) is 21.1. The van der Waals surface area contributed by atoms with Gasteiger partial charge in [-0.25, -0.2) is 15.8 Å². The van der Waals surface area contributed by atoms with E-state index in [1.54, 1.807) is 17.5 Å². The molecule has 1 atom stereocenters. The predicted molar refractivity (Wildman–Crippen MR) is 181 cm³/mol. The summed E-state index contributed by atoms with van der Waals surface area (Å²) in [4.78, 5) is 4.23. The van der Waals surface area contributed by atoms with Gasteiger partial charge in [-0.3, -0.25) is 10.4 Å². The first-order valence-corrected chi connectivity index (χ1v) is 15.3. The third-order valence-corrected chi connectivity index (χ3v) is 8.13. The Bertz CT molecular complexity index is 1850. The maximum atomic E-state index is 4.62. The molecule has 0 aliphatic rings. The van der Waals surface area contributed by atoms with Crippen LogP contribution in [0, 0.1) is 0 Å². The van der Waals surface area contributed by atoms with Crippen LogP contribution in [0.15, 0.2) is 119 Å². The average molecular weight is 588 g/mol. The average Bonchev–Trinajstić information content (AvgIpc) is 3.58. The van der Waals surface area contributed by atoms with E-state index in [-0.39, 0.29) is 0 Å². The summed E-state index contributed by atoms with van der Waals surface area (Å²) < 4.78 is 0. The number of rotatable bonds is 11. The van der Waals surface area contributed by atoms with Gasteiger partial charge in [-0.05, 0) is 49.7 Å². The second-order valence-corrected chi connectivity index (χ2v) is 11.3. The van der Waals surface area contributed by atoms with Gasteiger partial charge in [0.2, 0.25) is 5.13 Å². The van der Waals surface area contributed by atoms with Gasteiger partial charge in [0.15, 0.2) is 5.69 Å². The van der Waals surface area contributed by atoms with Crippen molar-refractivity contribution in [2.24, 2.45) is 10.2 Å². The third kappa shape index (κ3) is 6.43. The lowest BCUT2D eigenvalue weighted by molar-refractivity contribution is -0.538. The van der Waals surface area contributed by atoms with E-state index in [1.165, 1.54) is 10.8 Å². The molecule has 43 heavy (non-hydrogen) atoms. The molecular weight excluding hydrogens is 552 g/mol. The number of hydrazine groups is 1. The molecule has 0 saturated heterocycles. The van der Waals surface area contributed by atoms with Crippen LogP contribution in [0.2, 0.25) is 0 Å². The molecule has 216 valence electrons. The smallest absolute Gasteiger partial charge is 0.229 e. The predicted octanol–water partition coefficient (Wildman–Crippen LogP) is 8.76. The Morgan fingerprint density at radius 3 is 2.23 bits per heavy atom. The number of hydrogen-bond donors (Lipinski definition) is 4. The summed E-state index contributed by atoms with van der Waals surface area (Å²) in [5.74, 6) is 0. The quantitative estimate of drug-likeness (QED) is 0.0526. The lowest BCUT2D eigenvalue weighted by atomic mass is 10.1. The fraction of sp³-hybridized carbons (Fsp3) is 0.147. The molecular formula is C34H35N8S+. The van der Waals surface area contributed by atoms with Crippen LogP contribution in [0.3, 0.4) is 0 Å². The Morgan fingerprint density at radius 1 is 0.814 bits per heavy atom. The highest BCUT2D eigenvalue weighted by Gasteiger charge is 2.13. The number of nitrogens with two attached hydrogens (primary N) is 1. The van der Waals surface area contributed by atoms with Crippen molar-refractivity contribution in [3.05, 3.63) is 109 Å². The molecule has 0 aliphatic carbocycles. The number of nitrogens with one attached hydrogen (secondary N) is 3. The normalized spacial score (nSPS) is 12.1. The van der Waals surface area contributed by atoms with Crippen LogP contribution in [0.4, 0.5) is 39.3 Å². The van der Waals surface area contributed by atoms with Gasteiger partial charge in [-0.15, -0.1) is 16.5 Å². The van der Waals surface area contributed by atoms with Gasteiger partial charge in [-0.1, -0.05) is 55.5 Å². The molecule has 1 aromatic heterocycles. The third-order valence-electron chi connectivity index (χ3n) is 7.43. The Balaban J connectivity index is 1.21. The highest BCUT2D eigenvalue weighted by molar-refractivity contribution is 7.13. The summed E-state index contributed by atoms with van der Waals surface area (Å²) in [5.41, 5.74) is 14.6. The molecule has 8 nitrogen and oxygen atoms in total. The first kappa shape index (κ1) is 28.1. The van der Waals surface area contributed by atoms with Crippen LogP contribution in [0.25, 0.3) is 21.5 Å². The molecule has 5 N–H and O–H groups in total. The zero-order valence-electron chi connectivity index (χ0n) is 24.5. The largest absolute Gasteiger partial charge is 0.382 e. The number of benzene rings is 5. The second-order valence-electron chi connectivity index (χ2n) is 10.4. The molecule has 0 spiro atoms. The summed E-state index contributed by atoms with van der Waals surface area (Å²) in [6.45, 7) is 4.41. The van der Waals surface area contributed by atoms with Crippen molar-refractivity contribution >= 4 is 72.1 Å². The maximum Gasteiger partial charge on any atom is 0.229 e. The van der Waals surface area contributed by atoms with Gasteiger partial charge in [-0.2, -0.15) is 5.11 Å². The zero-order valence-corrected chi connectivity index (χ0v) is 25.3. The lowest BCUT2D eigenvalue weighted by Gasteiger charge is -2.25. The highest BCUT2D eigenvalue weighted by atomic mass is 32.1. The number of thiazole rings is 1. The molecule has 5 aromatic carbocycles. The van der Waals surface area contributed by atoms with Crippen molar-refractivity contribution in [3.8, 4) is 0 Å². The molecule has 0 bridgehead atoms. The monoisotopic (exact) mass is 587 g/mol. The minimum absolute atomic E-state index is 0.404. The van der Waals surface area contributed by atoms with E-state index in [4.69, 9.17) is 0 Å². The van der Waals surface area contributed by atoms with Crippen molar-refractivity contribution in [2.45, 2.75) is 26.3 Å². The van der Waals surface area contributed by atoms with Gasteiger partial charge < -0.3 is 5.32 Å². The minimum Gasteiger partial charge on any atom is -0.382 e. The minimum atomic E-state index is 0.404. The zero-order chi connectivity index (χ0) is 29.6. The van der Waals surface area contributed by atoms with Gasteiger partial charge >= 0.3 is 0 Å². The van der Waals surface area contributed by atoms with Crippen molar-refractivity contribution in [3.63, 3.8) is 0 Å². The van der Waals surface area contributed by atoms with E-state index in [0.717, 1.165) is 56.4 Å². The van der Waals surface area contributed by atoms with E-state index < -0.39 is 0 Å². The number of fused-ring (bicyclic) bond motifs is 2. The standard InChI is InChI=1S/C34H34N8S/c1-4-23(2)36-30-19-20-33(29-12-8-7-11-28(29)30)42(3)41-32-18-17-31(26-9-5-6-10-27(26)32)39-37-24-13-15-25(16-14-24)38-40-34-35-21-22-43-34/h5-23,36,38,41H,4H2,1-3H3,(H,35,40)/p+1. The van der Waals surface area contributed by atoms with Crippen molar-refractivity contribution in [1.82, 2.24) is 4.98 Å². The van der Waals surface area contributed by atoms with Gasteiger partial charge in [0.1, 0.15) is 0 Å². The summed E-state index contributed by atoms with van der Waals surface area (Å²) >= 11 is 1.56. The molecule has 0 fully saturated rings. The fourth-order valence-corrected chi connectivity index (χ4v) is 5.47. The molecule has 0 aliphatic heterocycles. The molecule has 1 heterocycles. The van der Waals surface area contributed by atoms with Crippen LogP contribution < -0.4 is 26.6 Å². The molecule has 6 aromatic rings. The Labute approximate surface area is 255 Å². The fourth-order valence-electron chi connectivity index (χ4n) is 4.97. The van der Waals surface area contributed by atoms with E-state index in [9.17, 15) is 0 Å². The number of anilines is 4. The van der Waals surface area contributed by atoms with E-state index in [2.05, 4.69) is 112 Å². The van der Waals surface area contributed by atoms with Crippen molar-refractivity contribution < 1.29 is 5.43 Å². The molecule has 1 unspecified atom stereocenters. The van der Waals surface area contributed by atoms with Crippen molar-refractivity contribution in [1.29, 1.82) is 0 Å². The molecule has 0 saturated carbocycles. The topological polar surface area (TPSA) is 93.5 Å². The molecule has 9 heteroatoms. The number of aromatic nitrogens is 1. The SMILES string of the molecule is CCC(C)Nc1ccc(N(C)Nc2ccc(N=Nc3ccc([NH2+]Nc4nccs4)cc3)c3ccccc23)c2ccccc12. The van der Waals surface area contributed by atoms with E-state index in [0.29, 0.717) is 6.04 Å². The number of hydrogen-bond acceptors (Lipinski definition) is 8. The van der Waals surface area contributed by atoms with Gasteiger partial charge in [0.05, 0.1) is 22.7 Å².